The van der Waals surface area contributed by atoms with Crippen molar-refractivity contribution in [3.8, 4) is 0 Å². The molecule has 1 atom stereocenters. The maximum Gasteiger partial charge on any atom is 0.411 e. The number of hydrogen-bond donors (Lipinski definition) is 2. The highest BCUT2D eigenvalue weighted by Crippen LogP contribution is 2.15. The largest absolute Gasteiger partial charge is 0.411 e. The topological polar surface area (TPSA) is 60.2 Å². The summed E-state index contributed by atoms with van der Waals surface area (Å²) in [4.78, 5) is 4.27. The quantitative estimate of drug-likeness (QED) is 0.455. The van der Waals surface area contributed by atoms with E-state index in [0.717, 1.165) is 10.7 Å². The summed E-state index contributed by atoms with van der Waals surface area (Å²) in [7, 11) is 0. The first-order valence-corrected chi connectivity index (χ1v) is 6.30. The van der Waals surface area contributed by atoms with Crippen molar-refractivity contribution in [3.05, 3.63) is 16.1 Å². The van der Waals surface area contributed by atoms with Crippen molar-refractivity contribution in [2.75, 3.05) is 13.2 Å². The van der Waals surface area contributed by atoms with E-state index in [1.165, 1.54) is 11.3 Å². The summed E-state index contributed by atoms with van der Waals surface area (Å²) in [6, 6.07) is -0.139. The number of thiazole rings is 1. The molecule has 0 spiro atoms. The molecule has 0 aromatic carbocycles. The van der Waals surface area contributed by atoms with Gasteiger partial charge in [0.25, 0.3) is 0 Å². The van der Waals surface area contributed by atoms with E-state index < -0.39 is 12.8 Å². The minimum absolute atomic E-state index is 0.0114. The summed E-state index contributed by atoms with van der Waals surface area (Å²) in [6.07, 6.45) is -3.29. The lowest BCUT2D eigenvalue weighted by Crippen LogP contribution is -2.38. The number of halogens is 3. The number of alkyl halides is 3. The Labute approximate surface area is 107 Å². The molecule has 18 heavy (non-hydrogen) atoms. The van der Waals surface area contributed by atoms with Crippen molar-refractivity contribution in [3.63, 3.8) is 0 Å². The highest BCUT2D eigenvalue weighted by molar-refractivity contribution is 7.09. The number of aromatic nitrogens is 1. The van der Waals surface area contributed by atoms with E-state index in [-0.39, 0.29) is 12.6 Å². The van der Waals surface area contributed by atoms with Gasteiger partial charge < -0.3 is 4.74 Å². The third-order valence-electron chi connectivity index (χ3n) is 2.23. The molecule has 1 aromatic heterocycles. The molecule has 0 radical (unpaired) electrons. The van der Waals surface area contributed by atoms with Crippen LogP contribution in [0.15, 0.2) is 5.38 Å². The summed E-state index contributed by atoms with van der Waals surface area (Å²) in [5.74, 6) is 5.34. The van der Waals surface area contributed by atoms with Crippen LogP contribution >= 0.6 is 11.3 Å². The van der Waals surface area contributed by atoms with Gasteiger partial charge in [-0.2, -0.15) is 13.2 Å². The second-order valence-electron chi connectivity index (χ2n) is 3.88. The first-order chi connectivity index (χ1) is 8.40. The van der Waals surface area contributed by atoms with E-state index >= 15 is 0 Å². The molecule has 0 fully saturated rings. The lowest BCUT2D eigenvalue weighted by atomic mass is 10.1. The number of nitrogens with zero attached hydrogens (tertiary/aromatic N) is 1. The highest BCUT2D eigenvalue weighted by atomic mass is 32.1. The van der Waals surface area contributed by atoms with Gasteiger partial charge in [-0.15, -0.1) is 11.3 Å². The van der Waals surface area contributed by atoms with E-state index in [4.69, 9.17) is 5.84 Å². The Kier molecular flexibility index (Phi) is 6.00. The Hall–Kier alpha value is -0.700. The van der Waals surface area contributed by atoms with Crippen molar-refractivity contribution in [1.29, 1.82) is 0 Å². The van der Waals surface area contributed by atoms with Crippen molar-refractivity contribution in [2.24, 2.45) is 5.84 Å². The van der Waals surface area contributed by atoms with Crippen LogP contribution in [0.25, 0.3) is 0 Å². The summed E-state index contributed by atoms with van der Waals surface area (Å²) >= 11 is 1.53. The molecule has 0 aliphatic rings. The fourth-order valence-electron chi connectivity index (χ4n) is 1.41. The van der Waals surface area contributed by atoms with Crippen LogP contribution in [-0.4, -0.2) is 30.4 Å². The lowest BCUT2D eigenvalue weighted by molar-refractivity contribution is -0.174. The molecule has 1 rings (SSSR count). The molecule has 1 aromatic rings. The van der Waals surface area contributed by atoms with E-state index in [1.54, 1.807) is 0 Å². The van der Waals surface area contributed by atoms with Crippen LogP contribution in [0.4, 0.5) is 13.2 Å². The van der Waals surface area contributed by atoms with Crippen molar-refractivity contribution >= 4 is 11.3 Å². The molecule has 0 aliphatic heterocycles. The SMILES string of the molecule is Cc1nc(CC(CCOCC(F)(F)F)NN)cs1. The van der Waals surface area contributed by atoms with Gasteiger partial charge >= 0.3 is 6.18 Å². The van der Waals surface area contributed by atoms with Gasteiger partial charge in [0.1, 0.15) is 6.61 Å². The maximum atomic E-state index is 11.8. The van der Waals surface area contributed by atoms with E-state index in [1.807, 2.05) is 12.3 Å². The van der Waals surface area contributed by atoms with Crippen LogP contribution < -0.4 is 11.3 Å². The molecular weight excluding hydrogens is 267 g/mol. The summed E-state index contributed by atoms with van der Waals surface area (Å²) in [5, 5.41) is 2.87. The number of hydrazine groups is 1. The molecule has 4 nitrogen and oxygen atoms in total. The zero-order valence-corrected chi connectivity index (χ0v) is 10.8. The average Bonchev–Trinajstić information content (AvgIpc) is 2.67. The fourth-order valence-corrected chi connectivity index (χ4v) is 2.04. The zero-order chi connectivity index (χ0) is 13.6. The summed E-state index contributed by atoms with van der Waals surface area (Å²) < 4.78 is 40.0. The van der Waals surface area contributed by atoms with Gasteiger partial charge in [-0.1, -0.05) is 0 Å². The Morgan fingerprint density at radius 1 is 1.56 bits per heavy atom. The molecule has 104 valence electrons. The molecule has 8 heteroatoms. The van der Waals surface area contributed by atoms with Gasteiger partial charge in [0, 0.05) is 24.4 Å². The summed E-state index contributed by atoms with van der Waals surface area (Å²) in [5.41, 5.74) is 3.45. The van der Waals surface area contributed by atoms with Crippen molar-refractivity contribution < 1.29 is 17.9 Å². The molecule has 0 saturated heterocycles. The molecule has 3 N–H and O–H groups in total. The molecule has 0 bridgehead atoms. The highest BCUT2D eigenvalue weighted by Gasteiger charge is 2.27. The minimum atomic E-state index is -4.28. The second-order valence-corrected chi connectivity index (χ2v) is 4.94. The third-order valence-corrected chi connectivity index (χ3v) is 3.06. The summed E-state index contributed by atoms with van der Waals surface area (Å²) in [6.45, 7) is 0.684. The number of hydrogen-bond acceptors (Lipinski definition) is 5. The molecule has 1 unspecified atom stereocenters. The van der Waals surface area contributed by atoms with Crippen LogP contribution in [-0.2, 0) is 11.2 Å². The predicted octanol–water partition coefficient (Wildman–Crippen LogP) is 1.79. The van der Waals surface area contributed by atoms with Crippen LogP contribution in [0.2, 0.25) is 0 Å². The van der Waals surface area contributed by atoms with Gasteiger partial charge in [-0.05, 0) is 13.3 Å². The van der Waals surface area contributed by atoms with Crippen molar-refractivity contribution in [2.45, 2.75) is 32.0 Å². The van der Waals surface area contributed by atoms with Gasteiger partial charge in [0.05, 0.1) is 10.7 Å². The van der Waals surface area contributed by atoms with Crippen LogP contribution in [0.5, 0.6) is 0 Å². The molecule has 1 heterocycles. The fraction of sp³-hybridized carbons (Fsp3) is 0.700. The lowest BCUT2D eigenvalue weighted by Gasteiger charge is -2.15. The number of aryl methyl sites for hydroxylation is 1. The van der Waals surface area contributed by atoms with Crippen LogP contribution in [0.3, 0.4) is 0 Å². The van der Waals surface area contributed by atoms with Gasteiger partial charge in [0.15, 0.2) is 0 Å². The van der Waals surface area contributed by atoms with E-state index in [2.05, 4.69) is 15.1 Å². The predicted molar refractivity (Wildman–Crippen MR) is 63.2 cm³/mol. The van der Waals surface area contributed by atoms with Crippen molar-refractivity contribution in [1.82, 2.24) is 10.4 Å². The van der Waals surface area contributed by atoms with Gasteiger partial charge in [-0.3, -0.25) is 11.3 Å². The van der Waals surface area contributed by atoms with E-state index in [9.17, 15) is 13.2 Å². The normalized spacial score (nSPS) is 13.8. The van der Waals surface area contributed by atoms with Crippen LogP contribution in [0, 0.1) is 6.92 Å². The smallest absolute Gasteiger partial charge is 0.372 e. The van der Waals surface area contributed by atoms with Crippen LogP contribution in [0.1, 0.15) is 17.1 Å². The zero-order valence-electron chi connectivity index (χ0n) is 9.96. The standard InChI is InChI=1S/C10H16F3N3OS/c1-7-15-9(5-18-7)4-8(16-14)2-3-17-6-10(11,12)13/h5,8,16H,2-4,6,14H2,1H3. The number of rotatable bonds is 7. The first kappa shape index (κ1) is 15.4. The number of nitrogens with one attached hydrogen (secondary N) is 1. The maximum absolute atomic E-state index is 11.8. The monoisotopic (exact) mass is 283 g/mol. The van der Waals surface area contributed by atoms with E-state index in [0.29, 0.717) is 12.8 Å². The average molecular weight is 283 g/mol. The third kappa shape index (κ3) is 6.29. The number of nitrogens with two attached hydrogens (primary N) is 1. The Bertz CT molecular complexity index is 356. The Morgan fingerprint density at radius 3 is 2.78 bits per heavy atom. The molecule has 0 amide bonds. The first-order valence-electron chi connectivity index (χ1n) is 5.42. The van der Waals surface area contributed by atoms with Gasteiger partial charge in [-0.25, -0.2) is 4.98 Å². The number of ether oxygens (including phenoxy) is 1. The second kappa shape index (κ2) is 7.03. The molecule has 0 saturated carbocycles. The Balaban J connectivity index is 2.25. The molecular formula is C10H16F3N3OS. The van der Waals surface area contributed by atoms with Gasteiger partial charge in [0.2, 0.25) is 0 Å². The minimum Gasteiger partial charge on any atom is -0.372 e. The Morgan fingerprint density at radius 2 is 2.28 bits per heavy atom. The molecule has 0 aliphatic carbocycles.